The maximum absolute atomic E-state index is 13.7. The van der Waals surface area contributed by atoms with Crippen molar-refractivity contribution >= 4 is 23.1 Å². The Morgan fingerprint density at radius 3 is 2.71 bits per heavy atom. The summed E-state index contributed by atoms with van der Waals surface area (Å²) in [7, 11) is 0. The van der Waals surface area contributed by atoms with Crippen molar-refractivity contribution in [3.8, 4) is 0 Å². The van der Waals surface area contributed by atoms with Gasteiger partial charge in [-0.25, -0.2) is 4.68 Å². The van der Waals surface area contributed by atoms with Crippen LogP contribution in [0.5, 0.6) is 0 Å². The lowest BCUT2D eigenvalue weighted by molar-refractivity contribution is -0.173. The molecule has 1 aliphatic rings. The van der Waals surface area contributed by atoms with E-state index >= 15 is 0 Å². The van der Waals surface area contributed by atoms with Gasteiger partial charge in [-0.3, -0.25) is 4.79 Å². The van der Waals surface area contributed by atoms with Gasteiger partial charge in [-0.05, 0) is 17.0 Å². The number of aromatic nitrogens is 2. The summed E-state index contributed by atoms with van der Waals surface area (Å²) in [6, 6.07) is 11.7. The van der Waals surface area contributed by atoms with Crippen LogP contribution in [-0.4, -0.2) is 21.9 Å². The summed E-state index contributed by atoms with van der Waals surface area (Å²) in [5, 5.41) is 11.6. The third kappa shape index (κ3) is 3.75. The van der Waals surface area contributed by atoms with E-state index < -0.39 is 24.2 Å². The molecule has 1 aliphatic heterocycles. The van der Waals surface area contributed by atoms with Crippen molar-refractivity contribution in [2.75, 3.05) is 5.32 Å². The third-order valence-electron chi connectivity index (χ3n) is 4.63. The maximum Gasteiger partial charge on any atom is 0.410 e. The Kier molecular flexibility index (Phi) is 4.84. The van der Waals surface area contributed by atoms with E-state index in [2.05, 4.69) is 15.7 Å². The number of nitrogens with one attached hydrogen (secondary N) is 2. The second-order valence-electron chi connectivity index (χ2n) is 6.52. The summed E-state index contributed by atoms with van der Waals surface area (Å²) in [6.45, 7) is 0.307. The van der Waals surface area contributed by atoms with Crippen LogP contribution in [0, 0.1) is 0 Å². The molecule has 0 bridgehead atoms. The molecule has 28 heavy (non-hydrogen) atoms. The number of hydrogen-bond acceptors (Lipinski definition) is 4. The number of alkyl halides is 3. The number of amides is 1. The molecule has 146 valence electrons. The lowest BCUT2D eigenvalue weighted by Gasteiger charge is -2.33. The van der Waals surface area contributed by atoms with Crippen LogP contribution in [0.1, 0.15) is 39.4 Å². The van der Waals surface area contributed by atoms with Crippen molar-refractivity contribution in [3.63, 3.8) is 0 Å². The lowest BCUT2D eigenvalue weighted by atomic mass is 9.97. The highest BCUT2D eigenvalue weighted by atomic mass is 32.1. The van der Waals surface area contributed by atoms with Gasteiger partial charge in [0, 0.05) is 17.4 Å². The summed E-state index contributed by atoms with van der Waals surface area (Å²) in [5.41, 5.74) is 0.718. The molecule has 2 atom stereocenters. The van der Waals surface area contributed by atoms with Crippen molar-refractivity contribution in [2.45, 2.75) is 31.2 Å². The van der Waals surface area contributed by atoms with Crippen molar-refractivity contribution < 1.29 is 18.0 Å². The van der Waals surface area contributed by atoms with Crippen molar-refractivity contribution in [3.05, 3.63) is 70.0 Å². The van der Waals surface area contributed by atoms with Crippen molar-refractivity contribution in [1.29, 1.82) is 0 Å². The van der Waals surface area contributed by atoms with Crippen molar-refractivity contribution in [1.82, 2.24) is 15.1 Å². The summed E-state index contributed by atoms with van der Waals surface area (Å²) in [5.74, 6) is -0.321. The van der Waals surface area contributed by atoms with E-state index in [0.717, 1.165) is 15.1 Å². The van der Waals surface area contributed by atoms with Crippen LogP contribution in [0.15, 0.2) is 53.9 Å². The van der Waals surface area contributed by atoms with Crippen LogP contribution in [0.25, 0.3) is 0 Å². The van der Waals surface area contributed by atoms with E-state index in [9.17, 15) is 18.0 Å². The molecule has 0 fully saturated rings. The van der Waals surface area contributed by atoms with Gasteiger partial charge in [-0.1, -0.05) is 36.4 Å². The number of carbonyl (C=O) groups excluding carboxylic acids is 1. The smallest absolute Gasteiger partial charge is 0.363 e. The number of thiophene rings is 1. The minimum atomic E-state index is -4.47. The number of halogens is 3. The first kappa shape index (κ1) is 18.5. The highest BCUT2D eigenvalue weighted by Crippen LogP contribution is 2.43. The third-order valence-corrected chi connectivity index (χ3v) is 5.50. The molecule has 3 heterocycles. The second kappa shape index (κ2) is 7.31. The van der Waals surface area contributed by atoms with E-state index in [4.69, 9.17) is 0 Å². The monoisotopic (exact) mass is 406 g/mol. The van der Waals surface area contributed by atoms with Crippen LogP contribution >= 0.6 is 11.3 Å². The summed E-state index contributed by atoms with van der Waals surface area (Å²) in [4.78, 5) is 13.3. The zero-order valence-electron chi connectivity index (χ0n) is 14.6. The molecule has 1 aromatic carbocycles. The second-order valence-corrected chi connectivity index (χ2v) is 7.55. The molecule has 5 nitrogen and oxygen atoms in total. The predicted octanol–water partition coefficient (Wildman–Crippen LogP) is 4.53. The number of benzene rings is 1. The number of anilines is 1. The number of fused-ring (bicyclic) bond motifs is 1. The quantitative estimate of drug-likeness (QED) is 0.669. The van der Waals surface area contributed by atoms with Gasteiger partial charge in [-0.2, -0.15) is 18.3 Å². The Labute approximate surface area is 163 Å². The number of nitrogens with zero attached hydrogens (tertiary/aromatic N) is 2. The fourth-order valence-electron chi connectivity index (χ4n) is 3.26. The topological polar surface area (TPSA) is 59.0 Å². The lowest BCUT2D eigenvalue weighted by Crippen LogP contribution is -2.35. The first-order chi connectivity index (χ1) is 13.4. The Morgan fingerprint density at radius 2 is 2.04 bits per heavy atom. The predicted molar refractivity (Wildman–Crippen MR) is 100 cm³/mol. The maximum atomic E-state index is 13.7. The minimum Gasteiger partial charge on any atom is -0.363 e. The molecule has 0 aliphatic carbocycles. The summed E-state index contributed by atoms with van der Waals surface area (Å²) >= 11 is 1.49. The molecule has 9 heteroatoms. The zero-order chi connectivity index (χ0) is 19.7. The van der Waals surface area contributed by atoms with Gasteiger partial charge < -0.3 is 10.6 Å². The van der Waals surface area contributed by atoms with Crippen LogP contribution in [0.2, 0.25) is 0 Å². The number of rotatable bonds is 4. The molecule has 3 aromatic rings. The van der Waals surface area contributed by atoms with Crippen LogP contribution in [-0.2, 0) is 6.54 Å². The average molecular weight is 406 g/mol. The van der Waals surface area contributed by atoms with Gasteiger partial charge in [0.05, 0.1) is 12.6 Å². The molecule has 0 unspecified atom stereocenters. The molecule has 0 radical (unpaired) electrons. The average Bonchev–Trinajstić information content (AvgIpc) is 3.34. The summed E-state index contributed by atoms with van der Waals surface area (Å²) in [6.07, 6.45) is -4.67. The molecule has 0 saturated carbocycles. The molecule has 0 spiro atoms. The largest absolute Gasteiger partial charge is 0.410 e. The molecule has 0 saturated heterocycles. The highest BCUT2D eigenvalue weighted by molar-refractivity contribution is 7.09. The first-order valence-corrected chi connectivity index (χ1v) is 9.58. The van der Waals surface area contributed by atoms with Gasteiger partial charge in [0.25, 0.3) is 5.91 Å². The SMILES string of the molecule is O=C(NCc1cccs1)c1cc2n(n1)[C@@H](C(F)(F)F)C[C@H](c1ccccc1)N2. The molecule has 2 N–H and O–H groups in total. The van der Waals surface area contributed by atoms with E-state index in [1.807, 2.05) is 23.6 Å². The van der Waals surface area contributed by atoms with E-state index in [-0.39, 0.29) is 17.9 Å². The Hall–Kier alpha value is -2.81. The van der Waals surface area contributed by atoms with E-state index in [0.29, 0.717) is 6.54 Å². The van der Waals surface area contributed by atoms with Gasteiger partial charge >= 0.3 is 6.18 Å². The van der Waals surface area contributed by atoms with Gasteiger partial charge in [0.15, 0.2) is 11.7 Å². The summed E-state index contributed by atoms with van der Waals surface area (Å²) < 4.78 is 41.9. The normalized spacial score (nSPS) is 19.0. The van der Waals surface area contributed by atoms with E-state index in [1.165, 1.54) is 17.4 Å². The van der Waals surface area contributed by atoms with Gasteiger partial charge in [0.2, 0.25) is 0 Å². The first-order valence-electron chi connectivity index (χ1n) is 8.70. The van der Waals surface area contributed by atoms with Crippen LogP contribution < -0.4 is 10.6 Å². The van der Waals surface area contributed by atoms with Gasteiger partial charge in [0.1, 0.15) is 5.82 Å². The Morgan fingerprint density at radius 1 is 1.25 bits per heavy atom. The molecular formula is C19H17F3N4OS. The number of carbonyl (C=O) groups is 1. The number of hydrogen-bond donors (Lipinski definition) is 2. The van der Waals surface area contributed by atoms with Gasteiger partial charge in [-0.15, -0.1) is 11.3 Å². The highest BCUT2D eigenvalue weighted by Gasteiger charge is 2.46. The standard InChI is InChI=1S/C19H17F3N4OS/c20-19(21,22)16-9-14(12-5-2-1-3-6-12)24-17-10-15(25-26(16)17)18(27)23-11-13-7-4-8-28-13/h1-8,10,14,16,24H,9,11H2,(H,23,27)/t14-,16-/m1/s1. The molecule has 1 amide bonds. The molecule has 2 aromatic heterocycles. The Bertz CT molecular complexity index is 953. The minimum absolute atomic E-state index is 0.0398. The molecular weight excluding hydrogens is 389 g/mol. The Balaban J connectivity index is 1.59. The molecule has 4 rings (SSSR count). The van der Waals surface area contributed by atoms with Crippen LogP contribution in [0.4, 0.5) is 19.0 Å². The fourth-order valence-corrected chi connectivity index (χ4v) is 3.90. The van der Waals surface area contributed by atoms with Crippen LogP contribution in [0.3, 0.4) is 0 Å². The zero-order valence-corrected chi connectivity index (χ0v) is 15.4. The fraction of sp³-hybridized carbons (Fsp3) is 0.263. The van der Waals surface area contributed by atoms with E-state index in [1.54, 1.807) is 24.3 Å². The van der Waals surface area contributed by atoms with Crippen molar-refractivity contribution in [2.24, 2.45) is 0 Å².